The number of hydrogen-bond donors (Lipinski definition) is 1. The third-order valence-electron chi connectivity index (χ3n) is 4.06. The number of fused-ring (bicyclic) bond motifs is 1. The predicted octanol–water partition coefficient (Wildman–Crippen LogP) is 5.36. The standard InChI is InChI=1S/C18H29NO2/c1-3-5-7-9-15(10-8-6-4-2)19-16-11-12-17-18(13-16)21-14-20-17/h11-13,15,19H,3-10,14H2,1-2H3. The molecule has 0 spiro atoms. The molecule has 0 bridgehead atoms. The van der Waals surface area contributed by atoms with Crippen molar-refractivity contribution in [1.29, 1.82) is 0 Å². The van der Waals surface area contributed by atoms with Gasteiger partial charge in [0.15, 0.2) is 11.5 Å². The van der Waals surface area contributed by atoms with Crippen molar-refractivity contribution in [3.63, 3.8) is 0 Å². The number of anilines is 1. The minimum absolute atomic E-state index is 0.342. The van der Waals surface area contributed by atoms with Gasteiger partial charge < -0.3 is 14.8 Å². The fourth-order valence-corrected chi connectivity index (χ4v) is 2.79. The lowest BCUT2D eigenvalue weighted by Gasteiger charge is -2.20. The van der Waals surface area contributed by atoms with Crippen LogP contribution in [-0.4, -0.2) is 12.8 Å². The smallest absolute Gasteiger partial charge is 0.231 e. The number of ether oxygens (including phenoxy) is 2. The van der Waals surface area contributed by atoms with E-state index in [2.05, 4.69) is 31.3 Å². The predicted molar refractivity (Wildman–Crippen MR) is 88.3 cm³/mol. The van der Waals surface area contributed by atoms with Gasteiger partial charge in [-0.3, -0.25) is 0 Å². The first kappa shape index (κ1) is 16.0. The molecule has 0 atom stereocenters. The molecule has 1 N–H and O–H groups in total. The van der Waals surface area contributed by atoms with Crippen LogP contribution in [0.5, 0.6) is 11.5 Å². The van der Waals surface area contributed by atoms with E-state index in [1.54, 1.807) is 0 Å². The minimum Gasteiger partial charge on any atom is -0.454 e. The van der Waals surface area contributed by atoms with Crippen LogP contribution < -0.4 is 14.8 Å². The highest BCUT2D eigenvalue weighted by molar-refractivity contribution is 5.56. The second-order valence-corrected chi connectivity index (χ2v) is 5.90. The second kappa shape index (κ2) is 8.81. The lowest BCUT2D eigenvalue weighted by atomic mass is 10.0. The molecule has 1 heterocycles. The van der Waals surface area contributed by atoms with Gasteiger partial charge in [0.05, 0.1) is 0 Å². The summed E-state index contributed by atoms with van der Waals surface area (Å²) >= 11 is 0. The molecule has 0 amide bonds. The molecular weight excluding hydrogens is 262 g/mol. The van der Waals surface area contributed by atoms with Crippen LogP contribution in [0.4, 0.5) is 5.69 Å². The highest BCUT2D eigenvalue weighted by Crippen LogP contribution is 2.34. The summed E-state index contributed by atoms with van der Waals surface area (Å²) < 4.78 is 10.8. The number of benzene rings is 1. The summed E-state index contributed by atoms with van der Waals surface area (Å²) in [6, 6.07) is 6.73. The van der Waals surface area contributed by atoms with Crippen molar-refractivity contribution in [1.82, 2.24) is 0 Å². The Morgan fingerprint density at radius 2 is 1.62 bits per heavy atom. The molecule has 0 radical (unpaired) electrons. The Bertz CT molecular complexity index is 410. The summed E-state index contributed by atoms with van der Waals surface area (Å²) in [5, 5.41) is 3.69. The number of unbranched alkanes of at least 4 members (excludes halogenated alkanes) is 4. The molecule has 0 saturated heterocycles. The third-order valence-corrected chi connectivity index (χ3v) is 4.06. The van der Waals surface area contributed by atoms with Gasteiger partial charge in [-0.15, -0.1) is 0 Å². The van der Waals surface area contributed by atoms with Crippen LogP contribution in [0.3, 0.4) is 0 Å². The van der Waals surface area contributed by atoms with Gasteiger partial charge in [0.1, 0.15) is 0 Å². The van der Waals surface area contributed by atoms with Gasteiger partial charge >= 0.3 is 0 Å². The van der Waals surface area contributed by atoms with Crippen molar-refractivity contribution in [2.45, 2.75) is 71.3 Å². The van der Waals surface area contributed by atoms with E-state index >= 15 is 0 Å². The van der Waals surface area contributed by atoms with Crippen molar-refractivity contribution in [3.05, 3.63) is 18.2 Å². The van der Waals surface area contributed by atoms with E-state index in [4.69, 9.17) is 9.47 Å². The molecule has 3 heteroatoms. The van der Waals surface area contributed by atoms with Crippen molar-refractivity contribution in [2.75, 3.05) is 12.1 Å². The first-order valence-corrected chi connectivity index (χ1v) is 8.49. The summed E-state index contributed by atoms with van der Waals surface area (Å²) in [5.74, 6) is 1.72. The first-order chi connectivity index (χ1) is 10.3. The molecule has 0 saturated carbocycles. The minimum atomic E-state index is 0.342. The van der Waals surface area contributed by atoms with Crippen molar-refractivity contribution in [2.24, 2.45) is 0 Å². The second-order valence-electron chi connectivity index (χ2n) is 5.90. The largest absolute Gasteiger partial charge is 0.454 e. The Morgan fingerprint density at radius 3 is 2.29 bits per heavy atom. The Kier molecular flexibility index (Phi) is 6.71. The maximum absolute atomic E-state index is 5.46. The van der Waals surface area contributed by atoms with Crippen LogP contribution in [0.1, 0.15) is 65.2 Å². The zero-order valence-electron chi connectivity index (χ0n) is 13.5. The molecule has 0 aromatic heterocycles. The maximum atomic E-state index is 5.46. The van der Waals surface area contributed by atoms with Gasteiger partial charge in [-0.1, -0.05) is 52.4 Å². The molecule has 3 nitrogen and oxygen atoms in total. The topological polar surface area (TPSA) is 30.5 Å². The molecule has 21 heavy (non-hydrogen) atoms. The van der Waals surface area contributed by atoms with E-state index in [9.17, 15) is 0 Å². The lowest BCUT2D eigenvalue weighted by Crippen LogP contribution is -2.19. The summed E-state index contributed by atoms with van der Waals surface area (Å²) in [4.78, 5) is 0. The van der Waals surface area contributed by atoms with Gasteiger partial charge in [0, 0.05) is 17.8 Å². The van der Waals surface area contributed by atoms with Crippen LogP contribution in [0.15, 0.2) is 18.2 Å². The Labute approximate surface area is 129 Å². The van der Waals surface area contributed by atoms with Crippen molar-refractivity contribution < 1.29 is 9.47 Å². The molecule has 0 aliphatic carbocycles. The summed E-state index contributed by atoms with van der Waals surface area (Å²) in [6.07, 6.45) is 10.4. The third kappa shape index (κ3) is 5.14. The maximum Gasteiger partial charge on any atom is 0.231 e. The summed E-state index contributed by atoms with van der Waals surface area (Å²) in [5.41, 5.74) is 1.15. The summed E-state index contributed by atoms with van der Waals surface area (Å²) in [7, 11) is 0. The number of nitrogens with one attached hydrogen (secondary N) is 1. The number of hydrogen-bond acceptors (Lipinski definition) is 3. The van der Waals surface area contributed by atoms with E-state index in [0.29, 0.717) is 12.8 Å². The molecular formula is C18H29NO2. The van der Waals surface area contributed by atoms with Crippen molar-refractivity contribution in [3.8, 4) is 11.5 Å². The monoisotopic (exact) mass is 291 g/mol. The molecule has 2 rings (SSSR count). The van der Waals surface area contributed by atoms with Gasteiger partial charge in [-0.25, -0.2) is 0 Å². The molecule has 1 aromatic rings. The first-order valence-electron chi connectivity index (χ1n) is 8.49. The van der Waals surface area contributed by atoms with E-state index in [0.717, 1.165) is 17.2 Å². The van der Waals surface area contributed by atoms with Crippen LogP contribution >= 0.6 is 0 Å². The Balaban J connectivity index is 1.89. The average Bonchev–Trinajstić information content (AvgIpc) is 2.95. The molecule has 0 unspecified atom stereocenters. The van der Waals surface area contributed by atoms with Crippen LogP contribution in [0.25, 0.3) is 0 Å². The Hall–Kier alpha value is -1.38. The fraction of sp³-hybridized carbons (Fsp3) is 0.667. The number of rotatable bonds is 10. The highest BCUT2D eigenvalue weighted by Gasteiger charge is 2.15. The zero-order valence-corrected chi connectivity index (χ0v) is 13.5. The molecule has 1 aromatic carbocycles. The van der Waals surface area contributed by atoms with Crippen LogP contribution in [-0.2, 0) is 0 Å². The molecule has 0 fully saturated rings. The summed E-state index contributed by atoms with van der Waals surface area (Å²) in [6.45, 7) is 4.87. The average molecular weight is 291 g/mol. The van der Waals surface area contributed by atoms with Crippen molar-refractivity contribution >= 4 is 5.69 Å². The molecule has 118 valence electrons. The van der Waals surface area contributed by atoms with E-state index < -0.39 is 0 Å². The van der Waals surface area contributed by atoms with Gasteiger partial charge in [-0.05, 0) is 25.0 Å². The normalized spacial score (nSPS) is 12.9. The van der Waals surface area contributed by atoms with E-state index in [-0.39, 0.29) is 0 Å². The van der Waals surface area contributed by atoms with Gasteiger partial charge in [-0.2, -0.15) is 0 Å². The highest BCUT2D eigenvalue weighted by atomic mass is 16.7. The van der Waals surface area contributed by atoms with Crippen LogP contribution in [0.2, 0.25) is 0 Å². The SMILES string of the molecule is CCCCCC(CCCCC)Nc1ccc2c(c1)OCO2. The van der Waals surface area contributed by atoms with Gasteiger partial charge in [0.25, 0.3) is 0 Å². The zero-order chi connectivity index (χ0) is 14.9. The van der Waals surface area contributed by atoms with Gasteiger partial charge in [0.2, 0.25) is 6.79 Å². The fourth-order valence-electron chi connectivity index (χ4n) is 2.79. The molecule has 1 aliphatic heterocycles. The van der Waals surface area contributed by atoms with E-state index in [1.807, 2.05) is 6.07 Å². The quantitative estimate of drug-likeness (QED) is 0.589. The van der Waals surface area contributed by atoms with E-state index in [1.165, 1.54) is 51.4 Å². The lowest BCUT2D eigenvalue weighted by molar-refractivity contribution is 0.174. The Morgan fingerprint density at radius 1 is 0.952 bits per heavy atom. The molecule has 1 aliphatic rings. The van der Waals surface area contributed by atoms with Crippen LogP contribution in [0, 0.1) is 0 Å².